The van der Waals surface area contributed by atoms with Gasteiger partial charge in [-0.2, -0.15) is 0 Å². The van der Waals surface area contributed by atoms with Crippen LogP contribution < -0.4 is 9.80 Å². The van der Waals surface area contributed by atoms with E-state index in [-0.39, 0.29) is 0 Å². The van der Waals surface area contributed by atoms with E-state index in [9.17, 15) is 9.59 Å². The first kappa shape index (κ1) is 13.7. The van der Waals surface area contributed by atoms with Crippen LogP contribution in [0.15, 0.2) is 54.7 Å². The lowest BCUT2D eigenvalue weighted by Gasteiger charge is -2.25. The van der Waals surface area contributed by atoms with Crippen molar-refractivity contribution >= 4 is 23.9 Å². The van der Waals surface area contributed by atoms with Crippen molar-refractivity contribution in [2.75, 3.05) is 16.3 Å². The van der Waals surface area contributed by atoms with Gasteiger partial charge >= 0.3 is 6.03 Å². The van der Waals surface area contributed by atoms with Gasteiger partial charge in [-0.15, -0.1) is 0 Å². The topological polar surface area (TPSA) is 53.5 Å². The number of pyridine rings is 1. The molecular weight excluding hydrogens is 254 g/mol. The van der Waals surface area contributed by atoms with E-state index in [4.69, 9.17) is 0 Å². The number of imide groups is 1. The minimum absolute atomic E-state index is 0.424. The number of aromatic nitrogens is 1. The van der Waals surface area contributed by atoms with Crippen molar-refractivity contribution in [1.82, 2.24) is 4.98 Å². The standard InChI is InChI=1S/C15H15N3O2/c1-2-17(14-10-6-7-11-16-14)15(20)18(12-19)13-8-4-3-5-9-13/h3-12H,2H2,1H3. The largest absolute Gasteiger partial charge is 0.336 e. The molecule has 2 aromatic rings. The number of hydrogen-bond acceptors (Lipinski definition) is 3. The predicted molar refractivity (Wildman–Crippen MR) is 77.6 cm³/mol. The Morgan fingerprint density at radius 1 is 1.15 bits per heavy atom. The number of carbonyl (C=O) groups excluding carboxylic acids is 2. The Labute approximate surface area is 117 Å². The second-order valence-electron chi connectivity index (χ2n) is 4.03. The quantitative estimate of drug-likeness (QED) is 0.802. The molecule has 1 heterocycles. The predicted octanol–water partition coefficient (Wildman–Crippen LogP) is 2.69. The average Bonchev–Trinajstić information content (AvgIpc) is 2.51. The Morgan fingerprint density at radius 3 is 2.40 bits per heavy atom. The lowest BCUT2D eigenvalue weighted by molar-refractivity contribution is -0.106. The molecule has 0 radical (unpaired) electrons. The van der Waals surface area contributed by atoms with Gasteiger partial charge in [0.2, 0.25) is 6.41 Å². The molecule has 0 aliphatic carbocycles. The van der Waals surface area contributed by atoms with Crippen LogP contribution >= 0.6 is 0 Å². The number of amides is 3. The van der Waals surface area contributed by atoms with Crippen LogP contribution in [-0.2, 0) is 4.79 Å². The summed E-state index contributed by atoms with van der Waals surface area (Å²) < 4.78 is 0. The van der Waals surface area contributed by atoms with Crippen molar-refractivity contribution in [3.63, 3.8) is 0 Å². The van der Waals surface area contributed by atoms with Crippen molar-refractivity contribution in [2.24, 2.45) is 0 Å². The van der Waals surface area contributed by atoms with Gasteiger partial charge in [-0.1, -0.05) is 24.3 Å². The van der Waals surface area contributed by atoms with Gasteiger partial charge in [0.25, 0.3) is 0 Å². The summed E-state index contributed by atoms with van der Waals surface area (Å²) in [6.07, 6.45) is 2.13. The second-order valence-corrected chi connectivity index (χ2v) is 4.03. The highest BCUT2D eigenvalue weighted by atomic mass is 16.2. The maximum atomic E-state index is 12.5. The Balaban J connectivity index is 2.30. The van der Waals surface area contributed by atoms with E-state index in [1.165, 1.54) is 4.90 Å². The number of rotatable bonds is 4. The second kappa shape index (κ2) is 6.47. The van der Waals surface area contributed by atoms with Crippen molar-refractivity contribution in [3.05, 3.63) is 54.7 Å². The molecule has 0 saturated carbocycles. The van der Waals surface area contributed by atoms with E-state index in [0.29, 0.717) is 24.5 Å². The Bertz CT molecular complexity index is 572. The fraction of sp³-hybridized carbons (Fsp3) is 0.133. The molecule has 0 fully saturated rings. The number of urea groups is 1. The van der Waals surface area contributed by atoms with Crippen LogP contribution in [-0.4, -0.2) is 24.0 Å². The van der Waals surface area contributed by atoms with E-state index in [2.05, 4.69) is 4.98 Å². The van der Waals surface area contributed by atoms with Gasteiger partial charge in [-0.05, 0) is 31.2 Å². The van der Waals surface area contributed by atoms with Crippen molar-refractivity contribution < 1.29 is 9.59 Å². The van der Waals surface area contributed by atoms with Crippen LogP contribution in [0.25, 0.3) is 0 Å². The van der Waals surface area contributed by atoms with Crippen LogP contribution in [0.4, 0.5) is 16.3 Å². The highest BCUT2D eigenvalue weighted by Crippen LogP contribution is 2.17. The number of para-hydroxylation sites is 1. The molecule has 0 aliphatic rings. The Hall–Kier alpha value is -2.69. The minimum Gasteiger partial charge on any atom is -0.278 e. The summed E-state index contributed by atoms with van der Waals surface area (Å²) in [6, 6.07) is 13.7. The summed E-state index contributed by atoms with van der Waals surface area (Å²) in [5.74, 6) is 0.516. The van der Waals surface area contributed by atoms with Crippen molar-refractivity contribution in [2.45, 2.75) is 6.92 Å². The van der Waals surface area contributed by atoms with Gasteiger partial charge in [-0.25, -0.2) is 14.7 Å². The first-order valence-electron chi connectivity index (χ1n) is 6.30. The normalized spacial score (nSPS) is 9.85. The van der Waals surface area contributed by atoms with Gasteiger partial charge in [0, 0.05) is 12.7 Å². The van der Waals surface area contributed by atoms with Crippen LogP contribution in [0.1, 0.15) is 6.92 Å². The lowest BCUT2D eigenvalue weighted by atomic mass is 10.3. The summed E-state index contributed by atoms with van der Waals surface area (Å²) in [6.45, 7) is 2.26. The van der Waals surface area contributed by atoms with Crippen LogP contribution in [0.5, 0.6) is 0 Å². The molecule has 0 spiro atoms. The zero-order valence-corrected chi connectivity index (χ0v) is 11.1. The summed E-state index contributed by atoms with van der Waals surface area (Å²) in [5, 5.41) is 0. The molecule has 20 heavy (non-hydrogen) atoms. The third kappa shape index (κ3) is 2.83. The number of carbonyl (C=O) groups is 2. The van der Waals surface area contributed by atoms with E-state index < -0.39 is 6.03 Å². The lowest BCUT2D eigenvalue weighted by Crippen LogP contribution is -2.43. The fourth-order valence-electron chi connectivity index (χ4n) is 1.84. The molecule has 1 aromatic carbocycles. The van der Waals surface area contributed by atoms with E-state index >= 15 is 0 Å². The number of nitrogens with zero attached hydrogens (tertiary/aromatic N) is 3. The first-order chi connectivity index (χ1) is 9.77. The summed E-state index contributed by atoms with van der Waals surface area (Å²) >= 11 is 0. The summed E-state index contributed by atoms with van der Waals surface area (Å²) in [5.41, 5.74) is 0.530. The molecule has 2 rings (SSSR count). The third-order valence-corrected chi connectivity index (χ3v) is 2.82. The molecule has 0 N–H and O–H groups in total. The summed E-state index contributed by atoms with van der Waals surface area (Å²) in [4.78, 5) is 30.4. The van der Waals surface area contributed by atoms with Crippen molar-refractivity contribution in [3.8, 4) is 0 Å². The Morgan fingerprint density at radius 2 is 1.85 bits per heavy atom. The summed E-state index contributed by atoms with van der Waals surface area (Å²) in [7, 11) is 0. The highest BCUT2D eigenvalue weighted by molar-refractivity contribution is 6.12. The molecule has 0 saturated heterocycles. The smallest absolute Gasteiger partial charge is 0.278 e. The highest BCUT2D eigenvalue weighted by Gasteiger charge is 2.22. The van der Waals surface area contributed by atoms with Gasteiger partial charge in [0.1, 0.15) is 5.82 Å². The molecule has 5 nitrogen and oxygen atoms in total. The molecule has 0 unspecified atom stereocenters. The number of benzene rings is 1. The number of anilines is 2. The van der Waals surface area contributed by atoms with Gasteiger partial charge in [0.15, 0.2) is 0 Å². The van der Waals surface area contributed by atoms with Crippen LogP contribution in [0.2, 0.25) is 0 Å². The van der Waals surface area contributed by atoms with Crippen LogP contribution in [0.3, 0.4) is 0 Å². The molecular formula is C15H15N3O2. The van der Waals surface area contributed by atoms with Gasteiger partial charge in [0.05, 0.1) is 5.69 Å². The van der Waals surface area contributed by atoms with Gasteiger partial charge in [-0.3, -0.25) is 9.69 Å². The maximum Gasteiger partial charge on any atom is 0.336 e. The van der Waals surface area contributed by atoms with Gasteiger partial charge < -0.3 is 0 Å². The molecule has 5 heteroatoms. The maximum absolute atomic E-state index is 12.5. The van der Waals surface area contributed by atoms with Crippen molar-refractivity contribution in [1.29, 1.82) is 0 Å². The zero-order valence-electron chi connectivity index (χ0n) is 11.1. The monoisotopic (exact) mass is 269 g/mol. The number of hydrogen-bond donors (Lipinski definition) is 0. The average molecular weight is 269 g/mol. The molecule has 102 valence electrons. The molecule has 0 bridgehead atoms. The van der Waals surface area contributed by atoms with E-state index in [1.54, 1.807) is 48.7 Å². The van der Waals surface area contributed by atoms with E-state index in [0.717, 1.165) is 4.90 Å². The molecule has 0 aliphatic heterocycles. The Kier molecular flexibility index (Phi) is 4.44. The fourth-order valence-corrected chi connectivity index (χ4v) is 1.84. The third-order valence-electron chi connectivity index (χ3n) is 2.82. The first-order valence-corrected chi connectivity index (χ1v) is 6.30. The molecule has 1 aromatic heterocycles. The molecule has 3 amide bonds. The van der Waals surface area contributed by atoms with Crippen LogP contribution in [0, 0.1) is 0 Å². The molecule has 0 atom stereocenters. The minimum atomic E-state index is -0.424. The zero-order chi connectivity index (χ0) is 14.4. The van der Waals surface area contributed by atoms with E-state index in [1.807, 2.05) is 13.0 Å². The SMILES string of the molecule is CCN(C(=O)N(C=O)c1ccccc1)c1ccccn1.